The van der Waals surface area contributed by atoms with E-state index in [1.807, 2.05) is 0 Å². The quantitative estimate of drug-likeness (QED) is 0.627. The summed E-state index contributed by atoms with van der Waals surface area (Å²) in [5.41, 5.74) is 1.02. The lowest BCUT2D eigenvalue weighted by Crippen LogP contribution is -2.15. The fourth-order valence-corrected chi connectivity index (χ4v) is 1.79. The number of nitrogens with zero attached hydrogens (tertiary/aromatic N) is 2. The number of aromatic nitrogens is 2. The van der Waals surface area contributed by atoms with Crippen molar-refractivity contribution in [3.8, 4) is 0 Å². The first kappa shape index (κ1) is 16.2. The van der Waals surface area contributed by atoms with E-state index >= 15 is 0 Å². The number of benzene rings is 1. The van der Waals surface area contributed by atoms with Gasteiger partial charge in [-0.15, -0.1) is 6.58 Å². The highest BCUT2D eigenvalue weighted by Crippen LogP contribution is 2.13. The number of methoxy groups -OCH3 is 1. The standard InChI is InChI=1S/C16H16N4O3/c1-3-7-17-14-9-13(18-10-19-14)15(21)20-12-6-4-5-11(8-12)16(22)23-2/h3-6,8-10H,1,7H2,2H3,(H,20,21)(H,17,18,19). The van der Waals surface area contributed by atoms with Crippen molar-refractivity contribution in [1.82, 2.24) is 9.97 Å². The maximum absolute atomic E-state index is 12.2. The van der Waals surface area contributed by atoms with E-state index in [0.717, 1.165) is 0 Å². The van der Waals surface area contributed by atoms with Gasteiger partial charge in [-0.2, -0.15) is 0 Å². The van der Waals surface area contributed by atoms with Gasteiger partial charge in [-0.1, -0.05) is 12.1 Å². The molecule has 23 heavy (non-hydrogen) atoms. The number of hydrogen-bond donors (Lipinski definition) is 2. The molecule has 118 valence electrons. The highest BCUT2D eigenvalue weighted by molar-refractivity contribution is 6.03. The van der Waals surface area contributed by atoms with E-state index in [-0.39, 0.29) is 5.69 Å². The number of nitrogens with one attached hydrogen (secondary N) is 2. The van der Waals surface area contributed by atoms with Crippen molar-refractivity contribution in [2.75, 3.05) is 24.3 Å². The van der Waals surface area contributed by atoms with Crippen molar-refractivity contribution in [3.63, 3.8) is 0 Å². The van der Waals surface area contributed by atoms with Gasteiger partial charge < -0.3 is 15.4 Å². The monoisotopic (exact) mass is 312 g/mol. The van der Waals surface area contributed by atoms with Crippen LogP contribution in [0.5, 0.6) is 0 Å². The first-order chi connectivity index (χ1) is 11.1. The third-order valence-electron chi connectivity index (χ3n) is 2.87. The van der Waals surface area contributed by atoms with Crippen LogP contribution in [0, 0.1) is 0 Å². The van der Waals surface area contributed by atoms with Gasteiger partial charge in [-0.25, -0.2) is 14.8 Å². The van der Waals surface area contributed by atoms with Gasteiger partial charge in [0.15, 0.2) is 0 Å². The van der Waals surface area contributed by atoms with E-state index in [4.69, 9.17) is 0 Å². The Morgan fingerprint density at radius 2 is 2.13 bits per heavy atom. The Balaban J connectivity index is 2.12. The zero-order valence-corrected chi connectivity index (χ0v) is 12.6. The van der Waals surface area contributed by atoms with Crippen molar-refractivity contribution in [3.05, 3.63) is 60.6 Å². The number of amides is 1. The van der Waals surface area contributed by atoms with Crippen LogP contribution in [0.15, 0.2) is 49.3 Å². The lowest BCUT2D eigenvalue weighted by atomic mass is 10.2. The number of ether oxygens (including phenoxy) is 1. The molecule has 1 aromatic carbocycles. The topological polar surface area (TPSA) is 93.2 Å². The molecule has 2 rings (SSSR count). The molecular formula is C16H16N4O3. The molecule has 0 aliphatic rings. The number of hydrogen-bond acceptors (Lipinski definition) is 6. The van der Waals surface area contributed by atoms with Crippen LogP contribution in [-0.4, -0.2) is 35.5 Å². The molecule has 0 bridgehead atoms. The van der Waals surface area contributed by atoms with Gasteiger partial charge >= 0.3 is 5.97 Å². The molecule has 0 spiro atoms. The summed E-state index contributed by atoms with van der Waals surface area (Å²) in [6.45, 7) is 4.12. The van der Waals surface area contributed by atoms with Gasteiger partial charge in [0.25, 0.3) is 5.91 Å². The number of carbonyl (C=O) groups is 2. The van der Waals surface area contributed by atoms with Gasteiger partial charge in [0.2, 0.25) is 0 Å². The van der Waals surface area contributed by atoms with Crippen molar-refractivity contribution in [1.29, 1.82) is 0 Å². The van der Waals surface area contributed by atoms with E-state index in [2.05, 4.69) is 31.9 Å². The maximum atomic E-state index is 12.2. The smallest absolute Gasteiger partial charge is 0.337 e. The SMILES string of the molecule is C=CCNc1cc(C(=O)Nc2cccc(C(=O)OC)c2)ncn1. The van der Waals surface area contributed by atoms with Crippen LogP contribution in [0.25, 0.3) is 0 Å². The molecule has 2 N–H and O–H groups in total. The molecule has 0 aliphatic heterocycles. The number of rotatable bonds is 6. The first-order valence-electron chi connectivity index (χ1n) is 6.80. The molecule has 2 aromatic rings. The Labute approximate surface area is 133 Å². The van der Waals surface area contributed by atoms with E-state index in [1.165, 1.54) is 25.6 Å². The Kier molecular flexibility index (Phi) is 5.40. The molecule has 0 saturated carbocycles. The van der Waals surface area contributed by atoms with Gasteiger partial charge in [-0.05, 0) is 18.2 Å². The third kappa shape index (κ3) is 4.37. The van der Waals surface area contributed by atoms with Crippen LogP contribution in [0.1, 0.15) is 20.8 Å². The molecular weight excluding hydrogens is 296 g/mol. The largest absolute Gasteiger partial charge is 0.465 e. The van der Waals surface area contributed by atoms with Crippen molar-refractivity contribution >= 4 is 23.4 Å². The highest BCUT2D eigenvalue weighted by Gasteiger charge is 2.11. The molecule has 1 heterocycles. The van der Waals surface area contributed by atoms with Crippen molar-refractivity contribution in [2.24, 2.45) is 0 Å². The molecule has 1 aromatic heterocycles. The average molecular weight is 312 g/mol. The van der Waals surface area contributed by atoms with Gasteiger partial charge in [0.1, 0.15) is 17.8 Å². The summed E-state index contributed by atoms with van der Waals surface area (Å²) in [5, 5.41) is 5.65. The predicted molar refractivity (Wildman–Crippen MR) is 86.5 cm³/mol. The molecule has 7 nitrogen and oxygen atoms in total. The summed E-state index contributed by atoms with van der Waals surface area (Å²) in [5.74, 6) is -0.358. The minimum Gasteiger partial charge on any atom is -0.465 e. The summed E-state index contributed by atoms with van der Waals surface area (Å²) in [6, 6.07) is 7.98. The van der Waals surface area contributed by atoms with Crippen molar-refractivity contribution in [2.45, 2.75) is 0 Å². The van der Waals surface area contributed by atoms with Crippen LogP contribution >= 0.6 is 0 Å². The Bertz CT molecular complexity index is 731. The third-order valence-corrected chi connectivity index (χ3v) is 2.87. The first-order valence-corrected chi connectivity index (χ1v) is 6.80. The summed E-state index contributed by atoms with van der Waals surface area (Å²) in [7, 11) is 1.30. The van der Waals surface area contributed by atoms with Gasteiger partial charge in [0, 0.05) is 18.3 Å². The number of carbonyl (C=O) groups excluding carboxylic acids is 2. The Morgan fingerprint density at radius 1 is 1.30 bits per heavy atom. The summed E-state index contributed by atoms with van der Waals surface area (Å²) >= 11 is 0. The average Bonchev–Trinajstić information content (AvgIpc) is 2.59. The second-order valence-corrected chi connectivity index (χ2v) is 4.48. The molecule has 0 fully saturated rings. The van der Waals surface area contributed by atoms with E-state index < -0.39 is 11.9 Å². The summed E-state index contributed by atoms with van der Waals surface area (Å²) < 4.78 is 4.65. The second-order valence-electron chi connectivity index (χ2n) is 4.48. The van der Waals surface area contributed by atoms with Crippen LogP contribution in [0.2, 0.25) is 0 Å². The van der Waals surface area contributed by atoms with Crippen molar-refractivity contribution < 1.29 is 14.3 Å². The minimum absolute atomic E-state index is 0.204. The second kappa shape index (κ2) is 7.69. The highest BCUT2D eigenvalue weighted by atomic mass is 16.5. The van der Waals surface area contributed by atoms with Gasteiger partial charge in [-0.3, -0.25) is 4.79 Å². The van der Waals surface area contributed by atoms with Gasteiger partial charge in [0.05, 0.1) is 12.7 Å². The molecule has 7 heteroatoms. The molecule has 0 atom stereocenters. The fraction of sp³-hybridized carbons (Fsp3) is 0.125. The zero-order chi connectivity index (χ0) is 16.7. The molecule has 1 amide bonds. The fourth-order valence-electron chi connectivity index (χ4n) is 1.79. The predicted octanol–water partition coefficient (Wildman–Crippen LogP) is 2.11. The van der Waals surface area contributed by atoms with E-state index in [1.54, 1.807) is 24.3 Å². The minimum atomic E-state index is -0.473. The van der Waals surface area contributed by atoms with Crippen LogP contribution in [-0.2, 0) is 4.74 Å². The Morgan fingerprint density at radius 3 is 2.87 bits per heavy atom. The Hall–Kier alpha value is -3.22. The zero-order valence-electron chi connectivity index (χ0n) is 12.6. The summed E-state index contributed by atoms with van der Waals surface area (Å²) in [4.78, 5) is 31.7. The number of anilines is 2. The van der Waals surface area contributed by atoms with E-state index in [0.29, 0.717) is 23.6 Å². The molecule has 0 unspecified atom stereocenters. The molecule has 0 saturated heterocycles. The van der Waals surface area contributed by atoms with Crippen LogP contribution in [0.3, 0.4) is 0 Å². The van der Waals surface area contributed by atoms with E-state index in [9.17, 15) is 9.59 Å². The maximum Gasteiger partial charge on any atom is 0.337 e. The lowest BCUT2D eigenvalue weighted by molar-refractivity contribution is 0.0600. The lowest BCUT2D eigenvalue weighted by Gasteiger charge is -2.07. The number of esters is 1. The molecule has 0 radical (unpaired) electrons. The van der Waals surface area contributed by atoms with Crippen LogP contribution in [0.4, 0.5) is 11.5 Å². The normalized spacial score (nSPS) is 9.78. The van der Waals surface area contributed by atoms with Crippen LogP contribution < -0.4 is 10.6 Å². The molecule has 0 aliphatic carbocycles. The summed E-state index contributed by atoms with van der Waals surface area (Å²) in [6.07, 6.45) is 2.98.